The summed E-state index contributed by atoms with van der Waals surface area (Å²) in [5.41, 5.74) is 5.03. The van der Waals surface area contributed by atoms with Gasteiger partial charge in [-0.3, -0.25) is 4.90 Å². The first-order valence-electron chi connectivity index (χ1n) is 15.7. The number of rotatable bonds is 11. The Bertz CT molecular complexity index is 1650. The zero-order chi connectivity index (χ0) is 32.6. The number of likely N-dealkylation sites (tertiary alicyclic amines) is 1. The van der Waals surface area contributed by atoms with Crippen LogP contribution in [0.25, 0.3) is 0 Å². The average Bonchev–Trinajstić information content (AvgIpc) is 3.03. The first-order chi connectivity index (χ1) is 22.2. The standard InChI is InChI=1S/C36H41ClFN5O3/c1-24-19-26(3)34(27(4)20-24)46-36(44)43(23-28-21-29(37)10-9-25(28)2)33-13-14-39-35(41-33)40-30-11-12-32(31(38)22-30)45-18-8-17-42-15-6-5-7-16-42/h9-14,19-22H,5-8,15-18,23H2,1-4H3,(H,39,40,41). The topological polar surface area (TPSA) is 79.8 Å². The van der Waals surface area contributed by atoms with Gasteiger partial charge in [0.05, 0.1) is 13.2 Å². The average molecular weight is 646 g/mol. The van der Waals surface area contributed by atoms with Gasteiger partial charge >= 0.3 is 6.09 Å². The van der Waals surface area contributed by atoms with Crippen molar-refractivity contribution in [3.05, 3.63) is 99.5 Å². The van der Waals surface area contributed by atoms with Gasteiger partial charge in [0.2, 0.25) is 5.95 Å². The van der Waals surface area contributed by atoms with Crippen molar-refractivity contribution >= 4 is 35.1 Å². The Hall–Kier alpha value is -4.21. The number of amides is 1. The number of halogens is 2. The summed E-state index contributed by atoms with van der Waals surface area (Å²) in [5.74, 6) is 0.713. The molecule has 0 bridgehead atoms. The van der Waals surface area contributed by atoms with Crippen molar-refractivity contribution in [1.29, 1.82) is 0 Å². The molecule has 1 N–H and O–H groups in total. The van der Waals surface area contributed by atoms with E-state index in [9.17, 15) is 9.18 Å². The van der Waals surface area contributed by atoms with Gasteiger partial charge in [0.15, 0.2) is 11.6 Å². The highest BCUT2D eigenvalue weighted by atomic mass is 35.5. The monoisotopic (exact) mass is 645 g/mol. The number of piperidine rings is 1. The van der Waals surface area contributed by atoms with Crippen molar-refractivity contribution in [2.75, 3.05) is 36.5 Å². The van der Waals surface area contributed by atoms with E-state index in [2.05, 4.69) is 20.2 Å². The molecule has 8 nitrogen and oxygen atoms in total. The van der Waals surface area contributed by atoms with Gasteiger partial charge in [-0.25, -0.2) is 14.2 Å². The minimum atomic E-state index is -0.605. The van der Waals surface area contributed by atoms with Crippen LogP contribution in [0.1, 0.15) is 53.5 Å². The lowest BCUT2D eigenvalue weighted by Crippen LogP contribution is -2.34. The van der Waals surface area contributed by atoms with Gasteiger partial charge in [-0.15, -0.1) is 0 Å². The summed E-state index contributed by atoms with van der Waals surface area (Å²) in [6.45, 7) is 11.6. The minimum absolute atomic E-state index is 0.157. The summed E-state index contributed by atoms with van der Waals surface area (Å²) >= 11 is 6.31. The fourth-order valence-electron chi connectivity index (χ4n) is 5.73. The Kier molecular flexibility index (Phi) is 11.1. The van der Waals surface area contributed by atoms with Crippen molar-refractivity contribution in [3.8, 4) is 11.5 Å². The molecule has 0 saturated carbocycles. The van der Waals surface area contributed by atoms with Crippen molar-refractivity contribution in [3.63, 3.8) is 0 Å². The molecule has 1 fully saturated rings. The SMILES string of the molecule is Cc1cc(C)c(OC(=O)N(Cc2cc(Cl)ccc2C)c2ccnc(Nc3ccc(OCCCN4CCCCC4)c(F)c3)n2)c(C)c1. The van der Waals surface area contributed by atoms with Crippen molar-refractivity contribution in [2.45, 2.75) is 59.9 Å². The zero-order valence-corrected chi connectivity index (χ0v) is 27.7. The molecule has 0 atom stereocenters. The van der Waals surface area contributed by atoms with E-state index < -0.39 is 11.9 Å². The van der Waals surface area contributed by atoms with E-state index in [0.717, 1.165) is 53.9 Å². The van der Waals surface area contributed by atoms with Crippen molar-refractivity contribution in [1.82, 2.24) is 14.9 Å². The Labute approximate surface area is 275 Å². The number of hydrogen-bond donors (Lipinski definition) is 1. The maximum absolute atomic E-state index is 15.0. The van der Waals surface area contributed by atoms with Gasteiger partial charge in [-0.1, -0.05) is 41.8 Å². The Balaban J connectivity index is 1.31. The van der Waals surface area contributed by atoms with Gasteiger partial charge in [0.25, 0.3) is 0 Å². The Morgan fingerprint density at radius 2 is 1.74 bits per heavy atom. The van der Waals surface area contributed by atoms with Crippen LogP contribution in [0.3, 0.4) is 0 Å². The number of benzene rings is 3. The largest absolute Gasteiger partial charge is 0.490 e. The number of anilines is 3. The first-order valence-corrected chi connectivity index (χ1v) is 16.1. The molecule has 0 aliphatic carbocycles. The molecule has 0 spiro atoms. The fourth-order valence-corrected chi connectivity index (χ4v) is 5.92. The van der Waals surface area contributed by atoms with Crippen LogP contribution in [0, 0.1) is 33.5 Å². The molecule has 1 aromatic heterocycles. The van der Waals surface area contributed by atoms with Crippen LogP contribution < -0.4 is 19.7 Å². The normalized spacial score (nSPS) is 13.3. The third-order valence-electron chi connectivity index (χ3n) is 8.08. The van der Waals surface area contributed by atoms with E-state index in [1.54, 1.807) is 24.3 Å². The van der Waals surface area contributed by atoms with Gasteiger partial charge in [-0.05, 0) is 113 Å². The third kappa shape index (κ3) is 8.73. The maximum Gasteiger partial charge on any atom is 0.421 e. The zero-order valence-electron chi connectivity index (χ0n) is 26.9. The van der Waals surface area contributed by atoms with E-state index in [1.165, 1.54) is 36.4 Å². The molecule has 1 amide bonds. The number of nitrogens with zero attached hydrogens (tertiary/aromatic N) is 4. The number of aromatic nitrogens is 2. The van der Waals surface area contributed by atoms with Gasteiger partial charge in [-0.2, -0.15) is 4.98 Å². The summed E-state index contributed by atoms with van der Waals surface area (Å²) < 4.78 is 26.6. The number of hydrogen-bond acceptors (Lipinski definition) is 7. The van der Waals surface area contributed by atoms with Gasteiger partial charge in [0, 0.05) is 29.5 Å². The summed E-state index contributed by atoms with van der Waals surface area (Å²) in [6, 6.07) is 15.8. The number of nitrogens with one attached hydrogen (secondary N) is 1. The predicted octanol–water partition coefficient (Wildman–Crippen LogP) is 8.71. The second-order valence-corrected chi connectivity index (χ2v) is 12.3. The van der Waals surface area contributed by atoms with Crippen LogP contribution in [-0.2, 0) is 6.54 Å². The lowest BCUT2D eigenvalue weighted by Gasteiger charge is -2.26. The van der Waals surface area contributed by atoms with E-state index >= 15 is 0 Å². The van der Waals surface area contributed by atoms with Crippen LogP contribution in [-0.4, -0.2) is 47.2 Å². The molecule has 5 rings (SSSR count). The highest BCUT2D eigenvalue weighted by Gasteiger charge is 2.23. The molecule has 0 unspecified atom stereocenters. The molecule has 4 aromatic rings. The molecule has 1 saturated heterocycles. The summed E-state index contributed by atoms with van der Waals surface area (Å²) in [6.07, 6.45) is 5.56. The Morgan fingerprint density at radius 3 is 2.48 bits per heavy atom. The van der Waals surface area contributed by atoms with Crippen LogP contribution in [0.2, 0.25) is 5.02 Å². The predicted molar refractivity (Wildman–Crippen MR) is 181 cm³/mol. The summed E-state index contributed by atoms with van der Waals surface area (Å²) in [5, 5.41) is 3.61. The van der Waals surface area contributed by atoms with Crippen LogP contribution in [0.5, 0.6) is 11.5 Å². The van der Waals surface area contributed by atoms with Crippen LogP contribution in [0.15, 0.2) is 60.8 Å². The van der Waals surface area contributed by atoms with E-state index in [-0.39, 0.29) is 18.2 Å². The minimum Gasteiger partial charge on any atom is -0.490 e. The summed E-state index contributed by atoms with van der Waals surface area (Å²) in [7, 11) is 0. The molecular weight excluding hydrogens is 605 g/mol. The number of aryl methyl sites for hydroxylation is 4. The summed E-state index contributed by atoms with van der Waals surface area (Å²) in [4.78, 5) is 26.6. The van der Waals surface area contributed by atoms with Crippen LogP contribution in [0.4, 0.5) is 26.6 Å². The second kappa shape index (κ2) is 15.4. The lowest BCUT2D eigenvalue weighted by atomic mass is 10.1. The number of carbonyl (C=O) groups is 1. The number of ether oxygens (including phenoxy) is 2. The van der Waals surface area contributed by atoms with E-state index in [4.69, 9.17) is 21.1 Å². The molecule has 1 aliphatic rings. The highest BCUT2D eigenvalue weighted by molar-refractivity contribution is 6.30. The molecule has 46 heavy (non-hydrogen) atoms. The Morgan fingerprint density at radius 1 is 0.978 bits per heavy atom. The number of carbonyl (C=O) groups excluding carboxylic acids is 1. The van der Waals surface area contributed by atoms with Crippen molar-refractivity contribution in [2.24, 2.45) is 0 Å². The first kappa shape index (κ1) is 33.2. The molecule has 10 heteroatoms. The highest BCUT2D eigenvalue weighted by Crippen LogP contribution is 2.28. The molecule has 3 aromatic carbocycles. The second-order valence-electron chi connectivity index (χ2n) is 11.9. The molecular formula is C36H41ClFN5O3. The lowest BCUT2D eigenvalue weighted by molar-refractivity contribution is 0.203. The molecule has 2 heterocycles. The molecule has 1 aliphatic heterocycles. The van der Waals surface area contributed by atoms with Gasteiger partial charge in [0.1, 0.15) is 11.6 Å². The van der Waals surface area contributed by atoms with E-state index in [0.29, 0.717) is 28.9 Å². The molecule has 242 valence electrons. The smallest absolute Gasteiger partial charge is 0.421 e. The third-order valence-corrected chi connectivity index (χ3v) is 8.32. The van der Waals surface area contributed by atoms with Crippen molar-refractivity contribution < 1.29 is 18.7 Å². The van der Waals surface area contributed by atoms with E-state index in [1.807, 2.05) is 52.0 Å². The molecule has 0 radical (unpaired) electrons. The van der Waals surface area contributed by atoms with Gasteiger partial charge < -0.3 is 19.7 Å². The van der Waals surface area contributed by atoms with Crippen LogP contribution >= 0.6 is 11.6 Å². The fraction of sp³-hybridized carbons (Fsp3) is 0.361. The quantitative estimate of drug-likeness (QED) is 0.163. The maximum atomic E-state index is 15.0.